The largest absolute Gasteiger partial charge is 0.208 e. The fraction of sp³-hybridized carbons (Fsp3) is 0.500. The zero-order valence-corrected chi connectivity index (χ0v) is 16.9. The molecule has 0 nitrogen and oxygen atoms in total. The second-order valence-electron chi connectivity index (χ2n) is 8.11. The second-order valence-corrected chi connectivity index (χ2v) is 8.11. The van der Waals surface area contributed by atoms with Gasteiger partial charge in [-0.25, -0.2) is 22.0 Å². The minimum Gasteiger partial charge on any atom is -0.208 e. The summed E-state index contributed by atoms with van der Waals surface area (Å²) >= 11 is 0. The number of hydrogen-bond acceptors (Lipinski definition) is 0. The molecular weight excluding hydrogens is 383 g/mol. The van der Waals surface area contributed by atoms with E-state index >= 15 is 0 Å². The van der Waals surface area contributed by atoms with Crippen LogP contribution in [-0.4, -0.2) is 0 Å². The topological polar surface area (TPSA) is 0 Å². The molecule has 0 aliphatic heterocycles. The van der Waals surface area contributed by atoms with Gasteiger partial charge >= 0.3 is 0 Å². The highest BCUT2D eigenvalue weighted by molar-refractivity contribution is 5.88. The Morgan fingerprint density at radius 3 is 2.21 bits per heavy atom. The molecule has 0 unspecified atom stereocenters. The summed E-state index contributed by atoms with van der Waals surface area (Å²) in [4.78, 5) is 0. The van der Waals surface area contributed by atoms with Gasteiger partial charge in [0.1, 0.15) is 11.6 Å². The molecule has 0 saturated heterocycles. The zero-order chi connectivity index (χ0) is 21.1. The van der Waals surface area contributed by atoms with Crippen LogP contribution in [-0.2, 0) is 6.42 Å². The molecule has 5 heteroatoms. The average molecular weight is 410 g/mol. The van der Waals surface area contributed by atoms with Gasteiger partial charge in [-0.15, -0.1) is 0 Å². The van der Waals surface area contributed by atoms with Gasteiger partial charge < -0.3 is 0 Å². The third kappa shape index (κ3) is 4.34. The van der Waals surface area contributed by atoms with Crippen molar-refractivity contribution >= 4 is 16.6 Å². The van der Waals surface area contributed by atoms with Crippen LogP contribution in [0.25, 0.3) is 16.6 Å². The maximum Gasteiger partial charge on any atom is 0.170 e. The predicted octanol–water partition coefficient (Wildman–Crippen LogP) is 8.42. The van der Waals surface area contributed by atoms with Crippen molar-refractivity contribution in [2.24, 2.45) is 11.8 Å². The Bertz CT molecular complexity index is 907. The fourth-order valence-corrected chi connectivity index (χ4v) is 4.47. The van der Waals surface area contributed by atoms with Gasteiger partial charge in [0.2, 0.25) is 0 Å². The molecule has 158 valence electrons. The lowest BCUT2D eigenvalue weighted by Gasteiger charge is -2.27. The Hall–Kier alpha value is -1.91. The Kier molecular flexibility index (Phi) is 6.97. The van der Waals surface area contributed by atoms with Gasteiger partial charge in [0.05, 0.1) is 10.9 Å². The van der Waals surface area contributed by atoms with Crippen LogP contribution in [0.4, 0.5) is 22.0 Å². The molecule has 1 aliphatic carbocycles. The lowest BCUT2D eigenvalue weighted by Crippen LogP contribution is -2.15. The Balaban J connectivity index is 1.97. The number of benzene rings is 2. The molecule has 2 aromatic carbocycles. The molecule has 0 heterocycles. The number of allylic oxidation sites excluding steroid dienone is 1. The van der Waals surface area contributed by atoms with Crippen molar-refractivity contribution in [2.45, 2.75) is 65.2 Å². The van der Waals surface area contributed by atoms with Crippen LogP contribution < -0.4 is 0 Å². The Labute approximate surface area is 168 Å². The van der Waals surface area contributed by atoms with Crippen LogP contribution in [0.2, 0.25) is 0 Å². The van der Waals surface area contributed by atoms with E-state index in [1.165, 1.54) is 12.1 Å². The first kappa shape index (κ1) is 21.8. The summed E-state index contributed by atoms with van der Waals surface area (Å²) in [6, 6.07) is 3.91. The summed E-state index contributed by atoms with van der Waals surface area (Å²) < 4.78 is 73.4. The number of fused-ring (bicyclic) bond motifs is 1. The van der Waals surface area contributed by atoms with E-state index in [0.29, 0.717) is 31.6 Å². The highest BCUT2D eigenvalue weighted by atomic mass is 19.2. The average Bonchev–Trinajstić information content (AvgIpc) is 2.72. The molecule has 2 aromatic rings. The van der Waals surface area contributed by atoms with Crippen LogP contribution in [0.5, 0.6) is 0 Å². The molecule has 0 spiro atoms. The van der Waals surface area contributed by atoms with Gasteiger partial charge in [0.25, 0.3) is 0 Å². The van der Waals surface area contributed by atoms with Gasteiger partial charge in [0, 0.05) is 5.92 Å². The van der Waals surface area contributed by atoms with Gasteiger partial charge in [-0.1, -0.05) is 45.2 Å². The quantitative estimate of drug-likeness (QED) is 0.419. The van der Waals surface area contributed by atoms with Gasteiger partial charge in [-0.05, 0) is 55.0 Å². The third-order valence-electron chi connectivity index (χ3n) is 6.07. The van der Waals surface area contributed by atoms with Crippen molar-refractivity contribution in [2.75, 3.05) is 0 Å². The number of rotatable bonds is 6. The van der Waals surface area contributed by atoms with Crippen molar-refractivity contribution in [1.29, 1.82) is 0 Å². The predicted molar refractivity (Wildman–Crippen MR) is 107 cm³/mol. The molecule has 0 aromatic heterocycles. The van der Waals surface area contributed by atoms with Gasteiger partial charge in [0.15, 0.2) is 17.5 Å². The first-order chi connectivity index (χ1) is 13.9. The van der Waals surface area contributed by atoms with E-state index in [-0.39, 0.29) is 10.9 Å². The number of aryl methyl sites for hydroxylation is 1. The van der Waals surface area contributed by atoms with E-state index < -0.39 is 46.0 Å². The molecule has 0 N–H and O–H groups in total. The fourth-order valence-electron chi connectivity index (χ4n) is 4.47. The minimum atomic E-state index is -1.54. The minimum absolute atomic E-state index is 0.0193. The monoisotopic (exact) mass is 410 g/mol. The maximum absolute atomic E-state index is 14.8. The van der Waals surface area contributed by atoms with Crippen molar-refractivity contribution in [3.8, 4) is 0 Å². The van der Waals surface area contributed by atoms with Crippen LogP contribution in [0.3, 0.4) is 0 Å². The molecule has 0 radical (unpaired) electrons. The molecule has 1 fully saturated rings. The van der Waals surface area contributed by atoms with Crippen molar-refractivity contribution in [1.82, 2.24) is 0 Å². The second kappa shape index (κ2) is 9.27. The summed E-state index contributed by atoms with van der Waals surface area (Å²) in [5.41, 5.74) is -0.497. The highest BCUT2D eigenvalue weighted by Gasteiger charge is 2.29. The molecule has 1 saturated carbocycles. The Morgan fingerprint density at radius 1 is 0.897 bits per heavy atom. The molecule has 1 aliphatic rings. The molecule has 0 amide bonds. The summed E-state index contributed by atoms with van der Waals surface area (Å²) in [5, 5.41) is -0.490. The van der Waals surface area contributed by atoms with E-state index in [4.69, 9.17) is 0 Å². The summed E-state index contributed by atoms with van der Waals surface area (Å²) in [7, 11) is 0. The normalized spacial score (nSPS) is 20.8. The van der Waals surface area contributed by atoms with E-state index in [1.54, 1.807) is 0 Å². The number of hydrogen-bond donors (Lipinski definition) is 0. The molecule has 29 heavy (non-hydrogen) atoms. The van der Waals surface area contributed by atoms with Crippen LogP contribution in [0, 0.1) is 29.3 Å². The molecule has 0 atom stereocenters. The molecule has 0 bridgehead atoms. The molecular formula is C24H27F5. The van der Waals surface area contributed by atoms with E-state index in [1.807, 2.05) is 6.92 Å². The number of halogens is 5. The zero-order valence-electron chi connectivity index (χ0n) is 16.9. The molecule has 3 rings (SSSR count). The standard InChI is InChI=1S/C24H27F5/c1-3-5-14-7-9-16(10-8-14)21(26)22(27)18-13-17-12-11-15(6-4-2)20(25)19(17)24(29)23(18)28/h11-14,16H,3-10H2,1-2H3. The van der Waals surface area contributed by atoms with Crippen LogP contribution in [0.1, 0.15) is 69.9 Å². The van der Waals surface area contributed by atoms with E-state index in [9.17, 15) is 22.0 Å². The van der Waals surface area contributed by atoms with Crippen molar-refractivity contribution in [3.63, 3.8) is 0 Å². The lowest BCUT2D eigenvalue weighted by atomic mass is 9.79. The summed E-state index contributed by atoms with van der Waals surface area (Å²) in [5.74, 6) is -6.36. The van der Waals surface area contributed by atoms with Crippen molar-refractivity contribution in [3.05, 3.63) is 52.6 Å². The smallest absolute Gasteiger partial charge is 0.170 e. The van der Waals surface area contributed by atoms with E-state index in [0.717, 1.165) is 31.7 Å². The van der Waals surface area contributed by atoms with Gasteiger partial charge in [-0.2, -0.15) is 0 Å². The van der Waals surface area contributed by atoms with Gasteiger partial charge in [-0.3, -0.25) is 0 Å². The first-order valence-corrected chi connectivity index (χ1v) is 10.5. The summed E-state index contributed by atoms with van der Waals surface area (Å²) in [6.45, 7) is 3.94. The highest BCUT2D eigenvalue weighted by Crippen LogP contribution is 2.40. The SMILES string of the molecule is CCCc1ccc2cc(C(F)=C(F)C3CCC(CCC)CC3)c(F)c(F)c2c1F. The third-order valence-corrected chi connectivity index (χ3v) is 6.07. The Morgan fingerprint density at radius 2 is 1.59 bits per heavy atom. The van der Waals surface area contributed by atoms with E-state index in [2.05, 4.69) is 6.92 Å². The van der Waals surface area contributed by atoms with Crippen LogP contribution in [0.15, 0.2) is 24.0 Å². The maximum atomic E-state index is 14.8. The lowest BCUT2D eigenvalue weighted by molar-refractivity contribution is 0.261. The first-order valence-electron chi connectivity index (χ1n) is 10.5. The van der Waals surface area contributed by atoms with Crippen LogP contribution >= 0.6 is 0 Å². The summed E-state index contributed by atoms with van der Waals surface area (Å²) in [6.07, 6.45) is 5.75. The van der Waals surface area contributed by atoms with Crippen molar-refractivity contribution < 1.29 is 22.0 Å².